The number of aromatic nitrogens is 2. The average molecular weight is 372 g/mol. The fourth-order valence-electron chi connectivity index (χ4n) is 2.47. The fraction of sp³-hybridized carbons (Fsp3) is 0.333. The van der Waals surface area contributed by atoms with E-state index in [0.717, 1.165) is 11.3 Å². The second-order valence-electron chi connectivity index (χ2n) is 5.72. The van der Waals surface area contributed by atoms with E-state index < -0.39 is 11.9 Å². The van der Waals surface area contributed by atoms with Gasteiger partial charge in [0.1, 0.15) is 6.54 Å². The molecule has 0 saturated carbocycles. The molecule has 3 rings (SSSR count). The molecule has 1 amide bonds. The van der Waals surface area contributed by atoms with Crippen LogP contribution in [-0.2, 0) is 16.1 Å². The summed E-state index contributed by atoms with van der Waals surface area (Å²) in [6.45, 7) is 4.19. The Morgan fingerprint density at radius 2 is 2.07 bits per heavy atom. The van der Waals surface area contributed by atoms with Crippen LogP contribution in [0.4, 0.5) is 5.95 Å². The molecule has 0 fully saturated rings. The highest BCUT2D eigenvalue weighted by molar-refractivity contribution is 5.96. The van der Waals surface area contributed by atoms with Gasteiger partial charge in [0.25, 0.3) is 5.91 Å². The van der Waals surface area contributed by atoms with Crippen LogP contribution < -0.4 is 20.1 Å². The molecule has 2 N–H and O–H groups in total. The van der Waals surface area contributed by atoms with E-state index in [2.05, 4.69) is 20.6 Å². The van der Waals surface area contributed by atoms with Gasteiger partial charge in [0.15, 0.2) is 11.5 Å². The molecule has 2 heterocycles. The summed E-state index contributed by atoms with van der Waals surface area (Å²) in [5.74, 6) is 0.908. The Kier molecular flexibility index (Phi) is 5.70. The van der Waals surface area contributed by atoms with Gasteiger partial charge in [-0.15, -0.1) is 0 Å². The molecular weight excluding hydrogens is 352 g/mol. The van der Waals surface area contributed by atoms with Crippen LogP contribution in [0.1, 0.15) is 28.5 Å². The fourth-order valence-corrected chi connectivity index (χ4v) is 2.47. The van der Waals surface area contributed by atoms with E-state index >= 15 is 0 Å². The highest BCUT2D eigenvalue weighted by Crippen LogP contribution is 2.32. The molecule has 9 nitrogen and oxygen atoms in total. The third kappa shape index (κ3) is 4.63. The number of hydrogen-bond donors (Lipinski definition) is 2. The number of hydrogen-bond acceptors (Lipinski definition) is 8. The summed E-state index contributed by atoms with van der Waals surface area (Å²) >= 11 is 0. The van der Waals surface area contributed by atoms with Crippen molar-refractivity contribution in [2.24, 2.45) is 0 Å². The normalized spacial score (nSPS) is 11.8. The zero-order chi connectivity index (χ0) is 19.2. The summed E-state index contributed by atoms with van der Waals surface area (Å²) in [5.41, 5.74) is 1.78. The molecule has 0 bridgehead atoms. The number of ether oxygens (including phenoxy) is 3. The molecule has 9 heteroatoms. The largest absolute Gasteiger partial charge is 0.465 e. The lowest BCUT2D eigenvalue weighted by Crippen LogP contribution is -2.31. The monoisotopic (exact) mass is 372 g/mol. The summed E-state index contributed by atoms with van der Waals surface area (Å²) in [4.78, 5) is 31.9. The van der Waals surface area contributed by atoms with Gasteiger partial charge in [-0.3, -0.25) is 9.59 Å². The van der Waals surface area contributed by atoms with Crippen LogP contribution in [0.3, 0.4) is 0 Å². The van der Waals surface area contributed by atoms with Gasteiger partial charge in [-0.2, -0.15) is 0 Å². The zero-order valence-corrected chi connectivity index (χ0v) is 15.1. The predicted octanol–water partition coefficient (Wildman–Crippen LogP) is 1.42. The molecule has 1 aliphatic rings. The maximum Gasteiger partial charge on any atom is 0.325 e. The predicted molar refractivity (Wildman–Crippen MR) is 95.6 cm³/mol. The minimum Gasteiger partial charge on any atom is -0.465 e. The summed E-state index contributed by atoms with van der Waals surface area (Å²) in [7, 11) is 0. The molecule has 0 spiro atoms. The number of fused-ring (bicyclic) bond motifs is 1. The van der Waals surface area contributed by atoms with Gasteiger partial charge in [-0.1, -0.05) is 6.07 Å². The van der Waals surface area contributed by atoms with Crippen molar-refractivity contribution in [3.8, 4) is 11.5 Å². The van der Waals surface area contributed by atoms with E-state index in [0.29, 0.717) is 29.5 Å². The van der Waals surface area contributed by atoms with E-state index in [1.165, 1.54) is 6.20 Å². The lowest BCUT2D eigenvalue weighted by Gasteiger charge is -2.09. The lowest BCUT2D eigenvalue weighted by molar-refractivity contribution is -0.141. The number of anilines is 1. The first-order valence-electron chi connectivity index (χ1n) is 8.46. The first-order valence-corrected chi connectivity index (χ1v) is 8.46. The number of amides is 1. The summed E-state index contributed by atoms with van der Waals surface area (Å²) < 4.78 is 15.4. The third-order valence-corrected chi connectivity index (χ3v) is 3.81. The third-order valence-electron chi connectivity index (χ3n) is 3.81. The van der Waals surface area contributed by atoms with Gasteiger partial charge < -0.3 is 24.8 Å². The van der Waals surface area contributed by atoms with Gasteiger partial charge in [-0.25, -0.2) is 9.97 Å². The number of nitrogens with one attached hydrogen (secondary N) is 2. The molecule has 1 aliphatic heterocycles. The standard InChI is InChI=1S/C18H20N4O5/c1-3-25-16(23)9-19-17(24)13-8-21-18(22-11(13)2)20-7-12-4-5-14-15(6-12)27-10-26-14/h4-6,8H,3,7,9-10H2,1-2H3,(H,19,24)(H,20,21,22). The molecule has 1 aromatic carbocycles. The van der Waals surface area contributed by atoms with Crippen LogP contribution in [0.15, 0.2) is 24.4 Å². The first kappa shape index (κ1) is 18.4. The van der Waals surface area contributed by atoms with Crippen molar-refractivity contribution in [3.63, 3.8) is 0 Å². The van der Waals surface area contributed by atoms with Crippen molar-refractivity contribution >= 4 is 17.8 Å². The number of aryl methyl sites for hydroxylation is 1. The molecule has 0 unspecified atom stereocenters. The maximum atomic E-state index is 12.1. The van der Waals surface area contributed by atoms with E-state index in [1.807, 2.05) is 18.2 Å². The van der Waals surface area contributed by atoms with Crippen LogP contribution in [0, 0.1) is 6.92 Å². The molecule has 0 aliphatic carbocycles. The SMILES string of the molecule is CCOC(=O)CNC(=O)c1cnc(NCc2ccc3c(c2)OCO3)nc1C. The van der Waals surface area contributed by atoms with Crippen molar-refractivity contribution in [2.75, 3.05) is 25.3 Å². The Labute approximate surface area is 156 Å². The minimum absolute atomic E-state index is 0.198. The number of carbonyl (C=O) groups excluding carboxylic acids is 2. The second-order valence-corrected chi connectivity index (χ2v) is 5.72. The Morgan fingerprint density at radius 3 is 2.85 bits per heavy atom. The molecular formula is C18H20N4O5. The van der Waals surface area contributed by atoms with E-state index in [1.54, 1.807) is 13.8 Å². The Bertz CT molecular complexity index is 856. The van der Waals surface area contributed by atoms with Gasteiger partial charge >= 0.3 is 5.97 Å². The zero-order valence-electron chi connectivity index (χ0n) is 15.1. The first-order chi connectivity index (χ1) is 13.1. The smallest absolute Gasteiger partial charge is 0.325 e. The highest BCUT2D eigenvalue weighted by Gasteiger charge is 2.15. The molecule has 142 valence electrons. The minimum atomic E-state index is -0.494. The van der Waals surface area contributed by atoms with Crippen LogP contribution in [0.5, 0.6) is 11.5 Å². The number of esters is 1. The summed E-state index contributed by atoms with van der Waals surface area (Å²) in [5, 5.41) is 5.59. The van der Waals surface area contributed by atoms with Crippen LogP contribution in [-0.4, -0.2) is 41.8 Å². The number of benzene rings is 1. The quantitative estimate of drug-likeness (QED) is 0.702. The number of carbonyl (C=O) groups is 2. The highest BCUT2D eigenvalue weighted by atomic mass is 16.7. The number of rotatable bonds is 7. The van der Waals surface area contributed by atoms with Gasteiger partial charge in [0, 0.05) is 12.7 Å². The molecule has 27 heavy (non-hydrogen) atoms. The molecule has 0 atom stereocenters. The Balaban J connectivity index is 1.57. The van der Waals surface area contributed by atoms with E-state index in [4.69, 9.17) is 14.2 Å². The van der Waals surface area contributed by atoms with Gasteiger partial charge in [0.05, 0.1) is 17.9 Å². The summed E-state index contributed by atoms with van der Waals surface area (Å²) in [6.07, 6.45) is 1.42. The lowest BCUT2D eigenvalue weighted by atomic mass is 10.2. The van der Waals surface area contributed by atoms with E-state index in [9.17, 15) is 9.59 Å². The van der Waals surface area contributed by atoms with Crippen LogP contribution in [0.25, 0.3) is 0 Å². The van der Waals surface area contributed by atoms with Crippen LogP contribution in [0.2, 0.25) is 0 Å². The van der Waals surface area contributed by atoms with Gasteiger partial charge in [0.2, 0.25) is 12.7 Å². The summed E-state index contributed by atoms with van der Waals surface area (Å²) in [6, 6.07) is 5.66. The number of nitrogens with zero attached hydrogens (tertiary/aromatic N) is 2. The molecule has 2 aromatic rings. The Hall–Kier alpha value is -3.36. The topological polar surface area (TPSA) is 112 Å². The molecule has 1 aromatic heterocycles. The van der Waals surface area contributed by atoms with Crippen molar-refractivity contribution in [1.82, 2.24) is 15.3 Å². The van der Waals surface area contributed by atoms with Crippen LogP contribution >= 0.6 is 0 Å². The van der Waals surface area contributed by atoms with Gasteiger partial charge in [-0.05, 0) is 31.5 Å². The molecule has 0 saturated heterocycles. The van der Waals surface area contributed by atoms with E-state index in [-0.39, 0.29) is 19.9 Å². The van der Waals surface area contributed by atoms with Crippen molar-refractivity contribution < 1.29 is 23.8 Å². The van der Waals surface area contributed by atoms with Crippen molar-refractivity contribution in [1.29, 1.82) is 0 Å². The average Bonchev–Trinajstić information content (AvgIpc) is 3.12. The van der Waals surface area contributed by atoms with Crippen molar-refractivity contribution in [2.45, 2.75) is 20.4 Å². The molecule has 0 radical (unpaired) electrons. The van der Waals surface area contributed by atoms with Crippen molar-refractivity contribution in [3.05, 3.63) is 41.2 Å². The Morgan fingerprint density at radius 1 is 1.26 bits per heavy atom. The maximum absolute atomic E-state index is 12.1. The second kappa shape index (κ2) is 8.35.